The van der Waals surface area contributed by atoms with Crippen molar-refractivity contribution in [3.05, 3.63) is 166 Å². The highest BCUT2D eigenvalue weighted by Crippen LogP contribution is 2.42. The van der Waals surface area contributed by atoms with E-state index in [-0.39, 0.29) is 37.1 Å². The molecule has 10 heteroatoms. The molecule has 0 unspecified atom stereocenters. The van der Waals surface area contributed by atoms with Crippen molar-refractivity contribution >= 4 is 213 Å². The normalized spacial score (nSPS) is 9.99. The lowest BCUT2D eigenvalue weighted by atomic mass is 10.2. The van der Waals surface area contributed by atoms with E-state index >= 15 is 0 Å². The van der Waals surface area contributed by atoms with Gasteiger partial charge in [0, 0.05) is 63.4 Å². The molecular weight excluding hydrogens is 1140 g/mol. The molecular formula is C68H94S10. The summed E-state index contributed by atoms with van der Waals surface area (Å²) in [7, 11) is 0. The maximum absolute atomic E-state index is 2.29. The van der Waals surface area contributed by atoms with Crippen molar-refractivity contribution in [1.29, 1.82) is 0 Å². The Bertz CT molecular complexity index is 3410. The van der Waals surface area contributed by atoms with Crippen LogP contribution >= 0.6 is 113 Å². The van der Waals surface area contributed by atoms with E-state index in [0.29, 0.717) is 0 Å². The van der Waals surface area contributed by atoms with E-state index in [0.717, 1.165) is 0 Å². The molecule has 0 N–H and O–H groups in total. The maximum atomic E-state index is 2.29. The van der Waals surface area contributed by atoms with Gasteiger partial charge in [-0.05, 0) is 168 Å². The van der Waals surface area contributed by atoms with E-state index in [2.05, 4.69) is 200 Å². The van der Waals surface area contributed by atoms with Gasteiger partial charge in [-0.25, -0.2) is 0 Å². The van der Waals surface area contributed by atoms with Gasteiger partial charge in [-0.1, -0.05) is 161 Å². The number of rotatable bonds is 5. The van der Waals surface area contributed by atoms with Crippen LogP contribution in [-0.2, 0) is 0 Å². The Kier molecular flexibility index (Phi) is 44.8. The lowest BCUT2D eigenvalue weighted by Crippen LogP contribution is -1.64. The first-order valence-corrected chi connectivity index (χ1v) is 33.8. The van der Waals surface area contributed by atoms with Crippen LogP contribution in [0.4, 0.5) is 0 Å². The molecule has 0 spiro atoms. The monoisotopic (exact) mass is 1230 g/mol. The number of allylic oxidation sites excluding steroid dienone is 5. The molecule has 0 bridgehead atoms. The summed E-state index contributed by atoms with van der Waals surface area (Å²) >= 11 is 18.4. The minimum Gasteiger partial charge on any atom is -0.144 e. The van der Waals surface area contributed by atoms with Crippen LogP contribution in [0.3, 0.4) is 0 Å². The van der Waals surface area contributed by atoms with Crippen molar-refractivity contribution in [2.24, 2.45) is 0 Å². The Morgan fingerprint density at radius 2 is 0.756 bits per heavy atom. The largest absolute Gasteiger partial charge is 0.144 e. The fraction of sp³-hybridized carbons (Fsp3) is 0.294. The third kappa shape index (κ3) is 22.1. The van der Waals surface area contributed by atoms with Gasteiger partial charge < -0.3 is 0 Å². The second-order valence-corrected chi connectivity index (χ2v) is 23.8. The predicted molar refractivity (Wildman–Crippen MR) is 397 cm³/mol. The highest BCUT2D eigenvalue weighted by atomic mass is 32.1. The lowest BCUT2D eigenvalue weighted by molar-refractivity contribution is 1.50. The van der Waals surface area contributed by atoms with E-state index in [4.69, 9.17) is 0 Å². The SMILES string of the molecule is C.C.C.C.C.C/C=C/c1cc2cc3sccc3cc2s1.C/C=C/c1cc2sc3ccsc3c2s1.C/C=C/c1cc2sccc2s1.C/C=C/c1scc2ccccc12.C/C=C/c1scc2ccsc12.CC.CC.CC.CC.CC. The smallest absolute Gasteiger partial charge is 0.0635 e. The molecule has 0 fully saturated rings. The molecule has 0 aliphatic carbocycles. The Labute approximate surface area is 514 Å². The average Bonchev–Trinajstić information content (AvgIpc) is 4.27. The van der Waals surface area contributed by atoms with Crippen molar-refractivity contribution in [2.75, 3.05) is 0 Å². The van der Waals surface area contributed by atoms with Crippen LogP contribution in [0.5, 0.6) is 0 Å². The summed E-state index contributed by atoms with van der Waals surface area (Å²) in [5.74, 6) is 0. The summed E-state index contributed by atoms with van der Waals surface area (Å²) in [5, 5.41) is 19.8. The molecule has 0 atom stereocenters. The van der Waals surface area contributed by atoms with Gasteiger partial charge in [0.25, 0.3) is 0 Å². The van der Waals surface area contributed by atoms with Gasteiger partial charge in [-0.3, -0.25) is 0 Å². The molecule has 10 heterocycles. The molecule has 10 aromatic heterocycles. The van der Waals surface area contributed by atoms with E-state index in [1.165, 1.54) is 93.6 Å². The Morgan fingerprint density at radius 3 is 1.40 bits per heavy atom. The molecule has 0 aliphatic heterocycles. The molecule has 0 radical (unpaired) electrons. The molecule has 0 saturated heterocycles. The fourth-order valence-electron chi connectivity index (χ4n) is 6.68. The molecule has 12 aromatic rings. The molecule has 0 amide bonds. The third-order valence-corrected chi connectivity index (χ3v) is 20.0. The molecule has 0 saturated carbocycles. The highest BCUT2D eigenvalue weighted by Gasteiger charge is 2.09. The van der Waals surface area contributed by atoms with Gasteiger partial charge in [-0.2, -0.15) is 0 Å². The first-order chi connectivity index (χ1) is 36.0. The van der Waals surface area contributed by atoms with Crippen molar-refractivity contribution in [1.82, 2.24) is 0 Å². The van der Waals surface area contributed by atoms with E-state index in [9.17, 15) is 0 Å². The molecule has 0 nitrogen and oxygen atoms in total. The van der Waals surface area contributed by atoms with Gasteiger partial charge in [0.05, 0.1) is 14.1 Å². The standard InChI is InChI=1S/C13H10S2.C11H8S3.C11H10S.2C9H8S2.5C2H6.5CH4/c1-2-3-11-6-10-8-12-9(4-5-14-12)7-13(10)15-11;1-2-3-7-6-9-11(13-7)10-8(14-9)4-5-12-10;1-2-5-11-10-7-4-3-6-9(10)8-12-11;1-2-3-8-9-7(6-11-8)4-5-10-9;1-2-3-7-6-9-8(11-7)4-5-10-9;5*1-2;;;;;/h2-8H,1H3;2-6H,1H3;2-8H,1H3;2*2-6H,1H3;5*1-2H3;5*1H4/b2*3-2+;5-2+;2*3-2+;;;;;;;;;;. The maximum Gasteiger partial charge on any atom is 0.0635 e. The van der Waals surface area contributed by atoms with Gasteiger partial charge >= 0.3 is 0 Å². The van der Waals surface area contributed by atoms with Crippen molar-refractivity contribution in [2.45, 2.75) is 141 Å². The van der Waals surface area contributed by atoms with E-state index < -0.39 is 0 Å². The number of hydrogen-bond donors (Lipinski definition) is 0. The topological polar surface area (TPSA) is 0 Å². The second-order valence-electron chi connectivity index (χ2n) is 13.8. The molecule has 12 rings (SSSR count). The summed E-state index contributed by atoms with van der Waals surface area (Å²) in [6.07, 6.45) is 21.3. The van der Waals surface area contributed by atoms with Gasteiger partial charge in [0.15, 0.2) is 0 Å². The fourth-order valence-corrected chi connectivity index (χ4v) is 17.4. The lowest BCUT2D eigenvalue weighted by Gasteiger charge is -1.89. The molecule has 78 heavy (non-hydrogen) atoms. The zero-order valence-electron chi connectivity index (χ0n) is 45.3. The Hall–Kier alpha value is -4.04. The minimum atomic E-state index is 0. The van der Waals surface area contributed by atoms with Gasteiger partial charge in [0.1, 0.15) is 0 Å². The van der Waals surface area contributed by atoms with Crippen LogP contribution in [0.2, 0.25) is 0 Å². The minimum absolute atomic E-state index is 0. The Balaban J connectivity index is -0.000000856. The van der Waals surface area contributed by atoms with Crippen LogP contribution in [0.15, 0.2) is 142 Å². The van der Waals surface area contributed by atoms with Gasteiger partial charge in [-0.15, -0.1) is 113 Å². The van der Waals surface area contributed by atoms with Crippen LogP contribution in [0.25, 0.3) is 99.6 Å². The predicted octanol–water partition coefficient (Wildman–Crippen LogP) is 30.6. The number of benzene rings is 2. The van der Waals surface area contributed by atoms with Crippen LogP contribution in [0, 0.1) is 0 Å². The zero-order chi connectivity index (χ0) is 53.5. The van der Waals surface area contributed by atoms with Crippen LogP contribution in [0.1, 0.15) is 165 Å². The number of fused-ring (bicyclic) bond motifs is 8. The van der Waals surface area contributed by atoms with Crippen LogP contribution < -0.4 is 0 Å². The molecule has 426 valence electrons. The summed E-state index contributed by atoms with van der Waals surface area (Å²) < 4.78 is 12.8. The zero-order valence-corrected chi connectivity index (χ0v) is 53.5. The van der Waals surface area contributed by atoms with Gasteiger partial charge in [0.2, 0.25) is 0 Å². The quantitative estimate of drug-likeness (QED) is 0.161. The summed E-state index contributed by atoms with van der Waals surface area (Å²) in [6, 6.07) is 28.6. The summed E-state index contributed by atoms with van der Waals surface area (Å²) in [6.45, 7) is 30.3. The molecule has 2 aromatic carbocycles. The Morgan fingerprint density at radius 1 is 0.295 bits per heavy atom. The number of hydrogen-bond acceptors (Lipinski definition) is 10. The van der Waals surface area contributed by atoms with Crippen molar-refractivity contribution < 1.29 is 0 Å². The number of thiophene rings is 10. The van der Waals surface area contributed by atoms with E-state index in [1.54, 1.807) is 11.3 Å². The summed E-state index contributed by atoms with van der Waals surface area (Å²) in [5.41, 5.74) is 0. The second kappa shape index (κ2) is 44.7. The third-order valence-electron chi connectivity index (χ3n) is 9.44. The van der Waals surface area contributed by atoms with Crippen molar-refractivity contribution in [3.8, 4) is 0 Å². The van der Waals surface area contributed by atoms with E-state index in [1.807, 2.05) is 178 Å². The first-order valence-electron chi connectivity index (χ1n) is 25.3. The average molecular weight is 1230 g/mol. The first kappa shape index (κ1) is 78.2. The van der Waals surface area contributed by atoms with Crippen molar-refractivity contribution in [3.63, 3.8) is 0 Å². The molecule has 0 aliphatic rings. The highest BCUT2D eigenvalue weighted by molar-refractivity contribution is 7.38. The summed E-state index contributed by atoms with van der Waals surface area (Å²) in [4.78, 5) is 6.80. The van der Waals surface area contributed by atoms with Crippen LogP contribution in [-0.4, -0.2) is 0 Å².